The van der Waals surface area contributed by atoms with E-state index in [4.69, 9.17) is 10.5 Å². The van der Waals surface area contributed by atoms with Crippen LogP contribution in [0.3, 0.4) is 0 Å². The number of benzene rings is 1. The van der Waals surface area contributed by atoms with Crippen molar-refractivity contribution in [1.82, 2.24) is 0 Å². The number of anilines is 1. The van der Waals surface area contributed by atoms with E-state index in [0.29, 0.717) is 5.75 Å². The minimum absolute atomic E-state index is 0.0712. The topological polar surface area (TPSA) is 55.5 Å². The van der Waals surface area contributed by atoms with Crippen LogP contribution < -0.4 is 10.5 Å². The Morgan fingerprint density at radius 2 is 2.09 bits per heavy atom. The van der Waals surface area contributed by atoms with Crippen molar-refractivity contribution in [3.8, 4) is 11.5 Å². The first-order valence-electron chi connectivity index (χ1n) is 3.28. The molecule has 3 nitrogen and oxygen atoms in total. The molecule has 0 saturated carbocycles. The van der Waals surface area contributed by atoms with E-state index in [1.165, 1.54) is 7.11 Å². The van der Waals surface area contributed by atoms with Gasteiger partial charge in [0.05, 0.1) is 7.11 Å². The Balaban J connectivity index is 3.24. The second kappa shape index (κ2) is 2.70. The quantitative estimate of drug-likeness (QED) is 0.472. The molecule has 0 bridgehead atoms. The van der Waals surface area contributed by atoms with E-state index in [9.17, 15) is 5.11 Å². The zero-order valence-corrected chi connectivity index (χ0v) is 6.59. The third-order valence-electron chi connectivity index (χ3n) is 1.48. The van der Waals surface area contributed by atoms with Gasteiger partial charge in [-0.2, -0.15) is 0 Å². The molecule has 0 fully saturated rings. The summed E-state index contributed by atoms with van der Waals surface area (Å²) in [4.78, 5) is 0. The highest BCUT2D eigenvalue weighted by Crippen LogP contribution is 2.31. The molecule has 0 aliphatic rings. The third-order valence-corrected chi connectivity index (χ3v) is 1.48. The van der Waals surface area contributed by atoms with E-state index >= 15 is 0 Å². The van der Waals surface area contributed by atoms with Gasteiger partial charge < -0.3 is 15.6 Å². The van der Waals surface area contributed by atoms with Crippen molar-refractivity contribution in [3.05, 3.63) is 17.7 Å². The minimum atomic E-state index is 0.0712. The van der Waals surface area contributed by atoms with Gasteiger partial charge in [0, 0.05) is 0 Å². The normalized spacial score (nSPS) is 9.64. The fourth-order valence-electron chi connectivity index (χ4n) is 0.915. The monoisotopic (exact) mass is 153 g/mol. The molecule has 0 aliphatic heterocycles. The predicted molar refractivity (Wildman–Crippen MR) is 43.8 cm³/mol. The Morgan fingerprint density at radius 3 is 2.64 bits per heavy atom. The molecule has 0 atom stereocenters. The van der Waals surface area contributed by atoms with Gasteiger partial charge in [0.2, 0.25) is 0 Å². The van der Waals surface area contributed by atoms with E-state index in [-0.39, 0.29) is 11.4 Å². The Labute approximate surface area is 65.4 Å². The molecule has 0 unspecified atom stereocenters. The van der Waals surface area contributed by atoms with Gasteiger partial charge in [-0.25, -0.2) is 0 Å². The molecule has 0 heterocycles. The molecule has 60 valence electrons. The number of aromatic hydroxyl groups is 1. The summed E-state index contributed by atoms with van der Waals surface area (Å²) in [6.45, 7) is 1.86. The average Bonchev–Trinajstić information content (AvgIpc) is 1.96. The smallest absolute Gasteiger partial charge is 0.145 e. The molecule has 1 aromatic carbocycles. The maximum absolute atomic E-state index is 9.21. The summed E-state index contributed by atoms with van der Waals surface area (Å²) < 4.78 is 4.92. The van der Waals surface area contributed by atoms with Crippen molar-refractivity contribution in [1.29, 1.82) is 0 Å². The standard InChI is InChI=1S/C8H11NO2/c1-5-3-6(10)8(9)7(4-5)11-2/h3-4,10H,9H2,1-2H3. The molecule has 3 N–H and O–H groups in total. The lowest BCUT2D eigenvalue weighted by atomic mass is 10.2. The highest BCUT2D eigenvalue weighted by molar-refractivity contribution is 5.63. The van der Waals surface area contributed by atoms with Gasteiger partial charge in [0.1, 0.15) is 17.2 Å². The SMILES string of the molecule is COc1cc(C)cc(O)c1N. The van der Waals surface area contributed by atoms with Gasteiger partial charge in [0.15, 0.2) is 0 Å². The number of rotatable bonds is 1. The summed E-state index contributed by atoms with van der Waals surface area (Å²) in [6, 6.07) is 3.37. The average molecular weight is 153 g/mol. The first-order chi connectivity index (χ1) is 5.15. The zero-order chi connectivity index (χ0) is 8.43. The van der Waals surface area contributed by atoms with Crippen molar-refractivity contribution < 1.29 is 9.84 Å². The van der Waals surface area contributed by atoms with Crippen LogP contribution in [0.15, 0.2) is 12.1 Å². The molecule has 0 amide bonds. The summed E-state index contributed by atoms with van der Waals surface area (Å²) in [5, 5.41) is 9.21. The number of hydrogen-bond donors (Lipinski definition) is 2. The fraction of sp³-hybridized carbons (Fsp3) is 0.250. The summed E-state index contributed by atoms with van der Waals surface area (Å²) >= 11 is 0. The predicted octanol–water partition coefficient (Wildman–Crippen LogP) is 1.29. The van der Waals surface area contributed by atoms with Gasteiger partial charge in [-0.3, -0.25) is 0 Å². The molecular formula is C8H11NO2. The molecule has 3 heteroatoms. The number of nitrogen functional groups attached to an aromatic ring is 1. The van der Waals surface area contributed by atoms with Gasteiger partial charge in [-0.15, -0.1) is 0 Å². The first-order valence-corrected chi connectivity index (χ1v) is 3.28. The lowest BCUT2D eigenvalue weighted by Crippen LogP contribution is -1.93. The molecule has 0 radical (unpaired) electrons. The highest BCUT2D eigenvalue weighted by Gasteiger charge is 2.04. The maximum atomic E-state index is 9.21. The number of phenols is 1. The highest BCUT2D eigenvalue weighted by atomic mass is 16.5. The molecule has 0 aromatic heterocycles. The van der Waals surface area contributed by atoms with Crippen LogP contribution in [0, 0.1) is 6.92 Å². The van der Waals surface area contributed by atoms with E-state index in [1.54, 1.807) is 12.1 Å². The third kappa shape index (κ3) is 1.37. The Morgan fingerprint density at radius 1 is 1.45 bits per heavy atom. The fourth-order valence-corrected chi connectivity index (χ4v) is 0.915. The lowest BCUT2D eigenvalue weighted by molar-refractivity contribution is 0.410. The van der Waals surface area contributed by atoms with Crippen molar-refractivity contribution in [2.24, 2.45) is 0 Å². The number of nitrogens with two attached hydrogens (primary N) is 1. The molecule has 11 heavy (non-hydrogen) atoms. The maximum Gasteiger partial charge on any atom is 0.145 e. The van der Waals surface area contributed by atoms with Gasteiger partial charge >= 0.3 is 0 Å². The van der Waals surface area contributed by atoms with Crippen molar-refractivity contribution in [3.63, 3.8) is 0 Å². The largest absolute Gasteiger partial charge is 0.506 e. The Bertz CT molecular complexity index is 271. The van der Waals surface area contributed by atoms with E-state index in [0.717, 1.165) is 5.56 Å². The van der Waals surface area contributed by atoms with Crippen molar-refractivity contribution in [2.75, 3.05) is 12.8 Å². The molecular weight excluding hydrogens is 142 g/mol. The second-order valence-electron chi connectivity index (χ2n) is 2.40. The van der Waals surface area contributed by atoms with E-state index in [2.05, 4.69) is 0 Å². The lowest BCUT2D eigenvalue weighted by Gasteiger charge is -2.06. The summed E-state index contributed by atoms with van der Waals surface area (Å²) in [7, 11) is 1.52. The number of aryl methyl sites for hydroxylation is 1. The van der Waals surface area contributed by atoms with Crippen LogP contribution in [0.1, 0.15) is 5.56 Å². The van der Waals surface area contributed by atoms with Gasteiger partial charge in [-0.1, -0.05) is 0 Å². The molecule has 1 rings (SSSR count). The van der Waals surface area contributed by atoms with Crippen LogP contribution in [-0.2, 0) is 0 Å². The van der Waals surface area contributed by atoms with Crippen LogP contribution in [0.25, 0.3) is 0 Å². The van der Waals surface area contributed by atoms with Crippen molar-refractivity contribution >= 4 is 5.69 Å². The molecule has 0 saturated heterocycles. The van der Waals surface area contributed by atoms with Crippen LogP contribution in [0.4, 0.5) is 5.69 Å². The minimum Gasteiger partial charge on any atom is -0.506 e. The van der Waals surface area contributed by atoms with Crippen LogP contribution >= 0.6 is 0 Å². The van der Waals surface area contributed by atoms with Gasteiger partial charge in [0.25, 0.3) is 0 Å². The number of methoxy groups -OCH3 is 1. The van der Waals surface area contributed by atoms with E-state index < -0.39 is 0 Å². The molecule has 0 spiro atoms. The number of phenolic OH excluding ortho intramolecular Hbond substituents is 1. The number of ether oxygens (including phenoxy) is 1. The molecule has 1 aromatic rings. The van der Waals surface area contributed by atoms with Crippen molar-refractivity contribution in [2.45, 2.75) is 6.92 Å². The number of hydrogen-bond acceptors (Lipinski definition) is 3. The Hall–Kier alpha value is -1.38. The van der Waals surface area contributed by atoms with Crippen LogP contribution in [0.2, 0.25) is 0 Å². The summed E-state index contributed by atoms with van der Waals surface area (Å²) in [5.41, 5.74) is 6.70. The first kappa shape index (κ1) is 7.72. The summed E-state index contributed by atoms with van der Waals surface area (Å²) in [6.07, 6.45) is 0. The molecule has 0 aliphatic carbocycles. The van der Waals surface area contributed by atoms with Crippen LogP contribution in [-0.4, -0.2) is 12.2 Å². The zero-order valence-electron chi connectivity index (χ0n) is 6.59. The van der Waals surface area contributed by atoms with Crippen LogP contribution in [0.5, 0.6) is 11.5 Å². The Kier molecular flexibility index (Phi) is 1.89. The van der Waals surface area contributed by atoms with E-state index in [1.807, 2.05) is 6.92 Å². The second-order valence-corrected chi connectivity index (χ2v) is 2.40. The summed E-state index contributed by atoms with van der Waals surface area (Å²) in [5.74, 6) is 0.587. The van der Waals surface area contributed by atoms with Gasteiger partial charge in [-0.05, 0) is 24.6 Å².